The van der Waals surface area contributed by atoms with Crippen LogP contribution < -0.4 is 10.5 Å². The average Bonchev–Trinajstić information content (AvgIpc) is 2.65. The number of nitrogens with two attached hydrogens (primary N) is 1. The molecule has 1 aliphatic heterocycles. The molecule has 3 N–H and O–H groups in total. The second-order valence-electron chi connectivity index (χ2n) is 6.45. The van der Waals surface area contributed by atoms with Crippen molar-refractivity contribution >= 4 is 37.8 Å². The van der Waals surface area contributed by atoms with E-state index in [4.69, 9.17) is 9.88 Å². The van der Waals surface area contributed by atoms with Crippen molar-refractivity contribution in [2.24, 2.45) is 5.14 Å². The fraction of sp³-hybridized carbons (Fsp3) is 0.529. The minimum absolute atomic E-state index is 0.0560. The second-order valence-corrected chi connectivity index (χ2v) is 8.87. The first-order valence-corrected chi connectivity index (χ1v) is 11.2. The van der Waals surface area contributed by atoms with Gasteiger partial charge in [-0.2, -0.15) is 0 Å². The quantitative estimate of drug-likeness (QED) is 0.509. The molecule has 0 aliphatic carbocycles. The number of carbonyl (C=O) groups excluding carboxylic acids is 2. The van der Waals surface area contributed by atoms with Crippen LogP contribution in [0.3, 0.4) is 0 Å². The van der Waals surface area contributed by atoms with Crippen molar-refractivity contribution in [3.8, 4) is 0 Å². The monoisotopic (exact) mass is 476 g/mol. The van der Waals surface area contributed by atoms with E-state index in [9.17, 15) is 18.0 Å². The number of rotatable bonds is 8. The number of hydrogen-bond acceptors (Lipinski definition) is 6. The number of nitrogens with one attached hydrogen (secondary N) is 1. The molecule has 0 saturated carbocycles. The Labute approximate surface area is 173 Å². The maximum atomic E-state index is 12.8. The Bertz CT molecular complexity index is 810. The molecule has 1 saturated heterocycles. The molecule has 0 radical (unpaired) electrons. The SMILES string of the molecule is COCCCNC(=O)CN1CCN(C(=O)c2cc(S(N)(=O)=O)ccc2Br)CC1. The summed E-state index contributed by atoms with van der Waals surface area (Å²) in [4.78, 5) is 28.2. The molecule has 1 heterocycles. The van der Waals surface area contributed by atoms with E-state index in [0.717, 1.165) is 6.42 Å². The largest absolute Gasteiger partial charge is 0.385 e. The zero-order chi connectivity index (χ0) is 20.7. The minimum atomic E-state index is -3.89. The summed E-state index contributed by atoms with van der Waals surface area (Å²) in [6.45, 7) is 3.46. The van der Waals surface area contributed by atoms with E-state index < -0.39 is 10.0 Å². The Kier molecular flexibility index (Phi) is 8.38. The fourth-order valence-corrected chi connectivity index (χ4v) is 3.78. The highest BCUT2D eigenvalue weighted by Crippen LogP contribution is 2.22. The number of hydrogen-bond donors (Lipinski definition) is 2. The minimum Gasteiger partial charge on any atom is -0.385 e. The van der Waals surface area contributed by atoms with E-state index in [1.807, 2.05) is 4.90 Å². The van der Waals surface area contributed by atoms with Gasteiger partial charge in [-0.15, -0.1) is 0 Å². The third-order valence-corrected chi connectivity index (χ3v) is 5.97. The lowest BCUT2D eigenvalue weighted by Crippen LogP contribution is -2.51. The molecule has 2 amide bonds. The summed E-state index contributed by atoms with van der Waals surface area (Å²) in [7, 11) is -2.27. The molecule has 0 spiro atoms. The van der Waals surface area contributed by atoms with E-state index >= 15 is 0 Å². The molecule has 2 rings (SSSR count). The highest BCUT2D eigenvalue weighted by atomic mass is 79.9. The van der Waals surface area contributed by atoms with Crippen LogP contribution >= 0.6 is 15.9 Å². The number of piperazine rings is 1. The molecule has 1 aromatic carbocycles. The Morgan fingerprint density at radius 1 is 1.25 bits per heavy atom. The number of primary sulfonamides is 1. The normalized spacial score (nSPS) is 15.5. The van der Waals surface area contributed by atoms with Gasteiger partial charge in [0, 0.05) is 50.9 Å². The number of halogens is 1. The van der Waals surface area contributed by atoms with Crippen LogP contribution in [0.4, 0.5) is 0 Å². The van der Waals surface area contributed by atoms with Gasteiger partial charge in [0.15, 0.2) is 0 Å². The lowest BCUT2D eigenvalue weighted by Gasteiger charge is -2.34. The smallest absolute Gasteiger partial charge is 0.255 e. The number of benzene rings is 1. The molecule has 156 valence electrons. The molecular weight excluding hydrogens is 452 g/mol. The van der Waals surface area contributed by atoms with Gasteiger partial charge >= 0.3 is 0 Å². The average molecular weight is 477 g/mol. The van der Waals surface area contributed by atoms with Gasteiger partial charge in [0.2, 0.25) is 15.9 Å². The number of carbonyl (C=O) groups is 2. The van der Waals surface area contributed by atoms with Crippen LogP contribution in [0, 0.1) is 0 Å². The Morgan fingerprint density at radius 2 is 1.93 bits per heavy atom. The second kappa shape index (κ2) is 10.3. The molecule has 0 atom stereocenters. The summed E-state index contributed by atoms with van der Waals surface area (Å²) in [5.74, 6) is -0.333. The number of sulfonamides is 1. The van der Waals surface area contributed by atoms with Crippen LogP contribution in [0.1, 0.15) is 16.8 Å². The van der Waals surface area contributed by atoms with Gasteiger partial charge in [-0.05, 0) is 40.5 Å². The molecule has 28 heavy (non-hydrogen) atoms. The summed E-state index contributed by atoms with van der Waals surface area (Å²) in [6, 6.07) is 4.12. The number of ether oxygens (including phenoxy) is 1. The van der Waals surface area contributed by atoms with Crippen molar-refractivity contribution in [2.45, 2.75) is 11.3 Å². The number of methoxy groups -OCH3 is 1. The van der Waals surface area contributed by atoms with E-state index in [0.29, 0.717) is 43.8 Å². The first-order valence-electron chi connectivity index (χ1n) is 8.82. The van der Waals surface area contributed by atoms with E-state index in [1.54, 1.807) is 12.0 Å². The highest BCUT2D eigenvalue weighted by molar-refractivity contribution is 9.10. The van der Waals surface area contributed by atoms with Crippen molar-refractivity contribution in [3.05, 3.63) is 28.2 Å². The van der Waals surface area contributed by atoms with E-state index in [-0.39, 0.29) is 28.8 Å². The summed E-state index contributed by atoms with van der Waals surface area (Å²) in [5.41, 5.74) is 0.246. The maximum absolute atomic E-state index is 12.8. The fourth-order valence-electron chi connectivity index (χ4n) is 2.83. The lowest BCUT2D eigenvalue weighted by molar-refractivity contribution is -0.122. The Morgan fingerprint density at radius 3 is 2.54 bits per heavy atom. The third-order valence-electron chi connectivity index (χ3n) is 4.37. The van der Waals surface area contributed by atoms with E-state index in [2.05, 4.69) is 21.2 Å². The van der Waals surface area contributed by atoms with Crippen LogP contribution in [0.2, 0.25) is 0 Å². The zero-order valence-electron chi connectivity index (χ0n) is 15.7. The van der Waals surface area contributed by atoms with Crippen molar-refractivity contribution in [1.82, 2.24) is 15.1 Å². The van der Waals surface area contributed by atoms with Crippen molar-refractivity contribution in [2.75, 3.05) is 53.0 Å². The highest BCUT2D eigenvalue weighted by Gasteiger charge is 2.25. The maximum Gasteiger partial charge on any atom is 0.255 e. The Hall–Kier alpha value is -1.53. The van der Waals surface area contributed by atoms with Crippen LogP contribution in [0.5, 0.6) is 0 Å². The van der Waals surface area contributed by atoms with Gasteiger partial charge in [0.25, 0.3) is 5.91 Å². The van der Waals surface area contributed by atoms with Crippen LogP contribution in [-0.4, -0.2) is 83.0 Å². The van der Waals surface area contributed by atoms with Gasteiger partial charge in [-0.3, -0.25) is 14.5 Å². The molecular formula is C17H25BrN4O5S. The molecule has 9 nitrogen and oxygen atoms in total. The predicted octanol–water partition coefficient (Wildman–Crippen LogP) is 0.00700. The van der Waals surface area contributed by atoms with Gasteiger partial charge in [0.05, 0.1) is 17.0 Å². The molecule has 0 bridgehead atoms. The molecule has 0 unspecified atom stereocenters. The van der Waals surface area contributed by atoms with Crippen molar-refractivity contribution in [3.63, 3.8) is 0 Å². The summed E-state index contributed by atoms with van der Waals surface area (Å²) in [5, 5.41) is 7.99. The summed E-state index contributed by atoms with van der Waals surface area (Å²) >= 11 is 3.29. The lowest BCUT2D eigenvalue weighted by atomic mass is 10.2. The number of nitrogens with zero attached hydrogens (tertiary/aromatic N) is 2. The van der Waals surface area contributed by atoms with Gasteiger partial charge in [0.1, 0.15) is 0 Å². The molecule has 1 aliphatic rings. The first kappa shape index (κ1) is 22.8. The Balaban J connectivity index is 1.89. The third kappa shape index (κ3) is 6.52. The van der Waals surface area contributed by atoms with Gasteiger partial charge in [-0.25, -0.2) is 13.6 Å². The first-order chi connectivity index (χ1) is 13.2. The molecule has 1 fully saturated rings. The number of amides is 2. The summed E-state index contributed by atoms with van der Waals surface area (Å²) < 4.78 is 28.5. The zero-order valence-corrected chi connectivity index (χ0v) is 18.1. The van der Waals surface area contributed by atoms with Gasteiger partial charge in [-0.1, -0.05) is 0 Å². The van der Waals surface area contributed by atoms with Crippen LogP contribution in [-0.2, 0) is 19.6 Å². The molecule has 1 aromatic rings. The molecule has 0 aromatic heterocycles. The van der Waals surface area contributed by atoms with Crippen molar-refractivity contribution < 1.29 is 22.7 Å². The standard InChI is InChI=1S/C17H25BrN4O5S/c1-27-10-2-5-20-16(23)12-21-6-8-22(9-7-21)17(24)14-11-13(28(19,25)26)3-4-15(14)18/h3-4,11H,2,5-10,12H2,1H3,(H,20,23)(H2,19,25,26). The topological polar surface area (TPSA) is 122 Å². The van der Waals surface area contributed by atoms with Crippen molar-refractivity contribution in [1.29, 1.82) is 0 Å². The van der Waals surface area contributed by atoms with Crippen LogP contribution in [0.15, 0.2) is 27.6 Å². The van der Waals surface area contributed by atoms with E-state index in [1.165, 1.54) is 18.2 Å². The summed E-state index contributed by atoms with van der Waals surface area (Å²) in [6.07, 6.45) is 0.761. The van der Waals surface area contributed by atoms with Crippen LogP contribution in [0.25, 0.3) is 0 Å². The van der Waals surface area contributed by atoms with Gasteiger partial charge < -0.3 is 15.0 Å². The molecule has 11 heteroatoms. The predicted molar refractivity (Wildman–Crippen MR) is 107 cm³/mol.